The number of para-hydroxylation sites is 1. The van der Waals surface area contributed by atoms with E-state index in [2.05, 4.69) is 10.6 Å². The standard InChI is InChI=1S/C19H19N3O2S/c20-13-15(14-21-11-6-12-23)19(24)22-17-9-4-5-10-18(17)25-16-7-2-1-3-8-16/h1-5,7-10,14,21,23H,6,11-12H2,(H,22,24)/b15-14-. The quantitative estimate of drug-likeness (QED) is 0.386. The molecule has 0 bridgehead atoms. The Morgan fingerprint density at radius 1 is 1.16 bits per heavy atom. The van der Waals surface area contributed by atoms with Crippen molar-refractivity contribution in [3.63, 3.8) is 0 Å². The SMILES string of the molecule is N#C/C(=C/NCCCO)C(=O)Nc1ccccc1Sc1ccccc1. The molecule has 5 nitrogen and oxygen atoms in total. The number of anilines is 1. The Bertz CT molecular complexity index is 770. The van der Waals surface area contributed by atoms with Crippen molar-refractivity contribution < 1.29 is 9.90 Å². The van der Waals surface area contributed by atoms with Gasteiger partial charge in [-0.25, -0.2) is 0 Å². The van der Waals surface area contributed by atoms with Crippen molar-refractivity contribution in [1.82, 2.24) is 5.32 Å². The lowest BCUT2D eigenvalue weighted by Gasteiger charge is -2.10. The summed E-state index contributed by atoms with van der Waals surface area (Å²) in [6.45, 7) is 0.550. The highest BCUT2D eigenvalue weighted by Gasteiger charge is 2.12. The van der Waals surface area contributed by atoms with Crippen LogP contribution in [0.4, 0.5) is 5.69 Å². The second-order valence-corrected chi connectivity index (χ2v) is 6.18. The molecule has 0 radical (unpaired) electrons. The molecule has 2 aromatic rings. The van der Waals surface area contributed by atoms with Crippen molar-refractivity contribution in [3.8, 4) is 6.07 Å². The first-order valence-electron chi connectivity index (χ1n) is 7.82. The Morgan fingerprint density at radius 3 is 2.60 bits per heavy atom. The van der Waals surface area contributed by atoms with Gasteiger partial charge in [0.25, 0.3) is 5.91 Å². The Hall–Kier alpha value is -2.75. The second-order valence-electron chi connectivity index (χ2n) is 5.07. The van der Waals surface area contributed by atoms with E-state index in [1.165, 1.54) is 18.0 Å². The van der Waals surface area contributed by atoms with Crippen molar-refractivity contribution >= 4 is 23.4 Å². The number of aliphatic hydroxyl groups is 1. The predicted octanol–water partition coefficient (Wildman–Crippen LogP) is 3.16. The van der Waals surface area contributed by atoms with Gasteiger partial charge in [-0.05, 0) is 30.7 Å². The number of hydrogen-bond donors (Lipinski definition) is 3. The van der Waals surface area contributed by atoms with Gasteiger partial charge in [-0.3, -0.25) is 4.79 Å². The molecule has 2 rings (SSSR count). The first kappa shape index (κ1) is 18.6. The Balaban J connectivity index is 2.09. The fourth-order valence-corrected chi connectivity index (χ4v) is 2.89. The van der Waals surface area contributed by atoms with E-state index in [1.807, 2.05) is 54.6 Å². The minimum atomic E-state index is -0.472. The van der Waals surface area contributed by atoms with E-state index >= 15 is 0 Å². The molecular formula is C19H19N3O2S. The van der Waals surface area contributed by atoms with Crippen LogP contribution in [0, 0.1) is 11.3 Å². The average molecular weight is 353 g/mol. The zero-order valence-electron chi connectivity index (χ0n) is 13.6. The minimum Gasteiger partial charge on any atom is -0.396 e. The van der Waals surface area contributed by atoms with E-state index in [1.54, 1.807) is 6.07 Å². The molecule has 0 spiro atoms. The maximum absolute atomic E-state index is 12.3. The van der Waals surface area contributed by atoms with Gasteiger partial charge in [0.1, 0.15) is 11.6 Å². The maximum Gasteiger partial charge on any atom is 0.267 e. The summed E-state index contributed by atoms with van der Waals surface area (Å²) in [4.78, 5) is 14.3. The summed E-state index contributed by atoms with van der Waals surface area (Å²) < 4.78 is 0. The number of carbonyl (C=O) groups is 1. The van der Waals surface area contributed by atoms with Crippen LogP contribution >= 0.6 is 11.8 Å². The van der Waals surface area contributed by atoms with Crippen LogP contribution in [0.1, 0.15) is 6.42 Å². The Kier molecular flexibility index (Phi) is 7.57. The number of nitrogens with zero attached hydrogens (tertiary/aromatic N) is 1. The molecule has 128 valence electrons. The number of aliphatic hydroxyl groups excluding tert-OH is 1. The van der Waals surface area contributed by atoms with Crippen LogP contribution in [0.2, 0.25) is 0 Å². The highest BCUT2D eigenvalue weighted by Crippen LogP contribution is 2.33. The Morgan fingerprint density at radius 2 is 1.88 bits per heavy atom. The molecule has 0 saturated heterocycles. The van der Waals surface area contributed by atoms with E-state index in [9.17, 15) is 4.79 Å². The normalized spacial score (nSPS) is 10.8. The van der Waals surface area contributed by atoms with Crippen LogP contribution in [-0.4, -0.2) is 24.2 Å². The second kappa shape index (κ2) is 10.2. The van der Waals surface area contributed by atoms with E-state index < -0.39 is 5.91 Å². The monoisotopic (exact) mass is 353 g/mol. The first-order valence-corrected chi connectivity index (χ1v) is 8.64. The highest BCUT2D eigenvalue weighted by molar-refractivity contribution is 7.99. The third-order valence-corrected chi connectivity index (χ3v) is 4.28. The highest BCUT2D eigenvalue weighted by atomic mass is 32.2. The van der Waals surface area contributed by atoms with Gasteiger partial charge >= 0.3 is 0 Å². The molecule has 0 aromatic heterocycles. The topological polar surface area (TPSA) is 85.2 Å². The third-order valence-electron chi connectivity index (χ3n) is 3.20. The fourth-order valence-electron chi connectivity index (χ4n) is 1.97. The number of rotatable bonds is 8. The zero-order chi connectivity index (χ0) is 17.9. The number of carbonyl (C=O) groups excluding carboxylic acids is 1. The van der Waals surface area contributed by atoms with Crippen LogP contribution in [0.25, 0.3) is 0 Å². The van der Waals surface area contributed by atoms with Crippen LogP contribution < -0.4 is 10.6 Å². The zero-order valence-corrected chi connectivity index (χ0v) is 14.4. The van der Waals surface area contributed by atoms with Gasteiger partial charge in [0, 0.05) is 29.1 Å². The average Bonchev–Trinajstić information content (AvgIpc) is 2.64. The molecule has 0 saturated carbocycles. The summed E-state index contributed by atoms with van der Waals surface area (Å²) in [6.07, 6.45) is 1.92. The Labute approximate surface area is 151 Å². The van der Waals surface area contributed by atoms with Crippen LogP contribution in [0.3, 0.4) is 0 Å². The van der Waals surface area contributed by atoms with E-state index in [0.29, 0.717) is 18.7 Å². The number of hydrogen-bond acceptors (Lipinski definition) is 5. The molecule has 0 aliphatic carbocycles. The molecule has 0 aliphatic rings. The largest absolute Gasteiger partial charge is 0.396 e. The molecule has 2 aromatic carbocycles. The molecule has 0 atom stereocenters. The van der Waals surface area contributed by atoms with Gasteiger partial charge < -0.3 is 15.7 Å². The predicted molar refractivity (Wildman–Crippen MR) is 99.0 cm³/mol. The summed E-state index contributed by atoms with van der Waals surface area (Å²) in [7, 11) is 0. The van der Waals surface area contributed by atoms with E-state index in [0.717, 1.165) is 9.79 Å². The first-order chi connectivity index (χ1) is 12.2. The van der Waals surface area contributed by atoms with Gasteiger partial charge in [0.2, 0.25) is 0 Å². The smallest absolute Gasteiger partial charge is 0.267 e. The lowest BCUT2D eigenvalue weighted by molar-refractivity contribution is -0.112. The lowest BCUT2D eigenvalue weighted by Crippen LogP contribution is -2.18. The summed E-state index contributed by atoms with van der Waals surface area (Å²) >= 11 is 1.54. The molecular weight excluding hydrogens is 334 g/mol. The molecule has 0 heterocycles. The summed E-state index contributed by atoms with van der Waals surface area (Å²) in [5.74, 6) is -0.472. The molecule has 0 aliphatic heterocycles. The molecule has 25 heavy (non-hydrogen) atoms. The fraction of sp³-hybridized carbons (Fsp3) is 0.158. The van der Waals surface area contributed by atoms with Crippen LogP contribution in [0.5, 0.6) is 0 Å². The van der Waals surface area contributed by atoms with Gasteiger partial charge in [0.05, 0.1) is 5.69 Å². The van der Waals surface area contributed by atoms with Crippen molar-refractivity contribution in [3.05, 3.63) is 66.4 Å². The van der Waals surface area contributed by atoms with Crippen molar-refractivity contribution in [2.45, 2.75) is 16.2 Å². The van der Waals surface area contributed by atoms with Crippen LogP contribution in [-0.2, 0) is 4.79 Å². The number of amides is 1. The van der Waals surface area contributed by atoms with Crippen molar-refractivity contribution in [2.75, 3.05) is 18.5 Å². The van der Waals surface area contributed by atoms with E-state index in [4.69, 9.17) is 10.4 Å². The molecule has 0 unspecified atom stereocenters. The molecule has 1 amide bonds. The maximum atomic E-state index is 12.3. The minimum absolute atomic E-state index is 0.0162. The lowest BCUT2D eigenvalue weighted by atomic mass is 10.2. The van der Waals surface area contributed by atoms with Crippen molar-refractivity contribution in [1.29, 1.82) is 5.26 Å². The van der Waals surface area contributed by atoms with Gasteiger partial charge in [0.15, 0.2) is 0 Å². The van der Waals surface area contributed by atoms with E-state index in [-0.39, 0.29) is 12.2 Å². The van der Waals surface area contributed by atoms with Gasteiger partial charge in [-0.15, -0.1) is 0 Å². The summed E-state index contributed by atoms with van der Waals surface area (Å²) in [5.41, 5.74) is 0.635. The number of benzene rings is 2. The summed E-state index contributed by atoms with van der Waals surface area (Å²) in [6, 6.07) is 19.2. The molecule has 0 fully saturated rings. The molecule has 6 heteroatoms. The van der Waals surface area contributed by atoms with Gasteiger partial charge in [-0.1, -0.05) is 42.1 Å². The number of nitriles is 1. The molecule has 3 N–H and O–H groups in total. The third kappa shape index (κ3) is 5.99. The van der Waals surface area contributed by atoms with Gasteiger partial charge in [-0.2, -0.15) is 5.26 Å². The number of nitrogens with one attached hydrogen (secondary N) is 2. The van der Waals surface area contributed by atoms with Crippen molar-refractivity contribution in [2.24, 2.45) is 0 Å². The van der Waals surface area contributed by atoms with Crippen LogP contribution in [0.15, 0.2) is 76.2 Å². The summed E-state index contributed by atoms with van der Waals surface area (Å²) in [5, 5.41) is 23.5.